The van der Waals surface area contributed by atoms with Crippen LogP contribution in [0.4, 0.5) is 5.69 Å². The van der Waals surface area contributed by atoms with Gasteiger partial charge in [-0.15, -0.1) is 0 Å². The van der Waals surface area contributed by atoms with Gasteiger partial charge in [0.1, 0.15) is 0 Å². The molecule has 0 saturated carbocycles. The summed E-state index contributed by atoms with van der Waals surface area (Å²) in [4.78, 5) is 4.12. The zero-order valence-corrected chi connectivity index (χ0v) is 9.79. The maximum Gasteiger partial charge on any atom is 0.213 e. The van der Waals surface area contributed by atoms with E-state index in [2.05, 4.69) is 18.8 Å². The predicted octanol–water partition coefficient (Wildman–Crippen LogP) is 2.79. The number of ether oxygens (including phenoxy) is 1. The van der Waals surface area contributed by atoms with Crippen molar-refractivity contribution < 1.29 is 4.74 Å². The Labute approximate surface area is 91.7 Å². The molecule has 0 radical (unpaired) electrons. The van der Waals surface area contributed by atoms with E-state index in [4.69, 9.17) is 10.5 Å². The molecule has 0 aliphatic rings. The maximum absolute atomic E-state index is 5.67. The van der Waals surface area contributed by atoms with Crippen LogP contribution in [0.2, 0.25) is 0 Å². The fraction of sp³-hybridized carbons (Fsp3) is 0.583. The summed E-state index contributed by atoms with van der Waals surface area (Å²) in [6.07, 6.45) is 4.03. The molecule has 15 heavy (non-hydrogen) atoms. The van der Waals surface area contributed by atoms with E-state index in [-0.39, 0.29) is 0 Å². The fourth-order valence-corrected chi connectivity index (χ4v) is 1.42. The van der Waals surface area contributed by atoms with Crippen molar-refractivity contribution in [2.45, 2.75) is 33.6 Å². The van der Waals surface area contributed by atoms with E-state index in [9.17, 15) is 0 Å². The summed E-state index contributed by atoms with van der Waals surface area (Å²) in [5.41, 5.74) is 7.40. The number of pyridine rings is 1. The number of hydrogen-bond donors (Lipinski definition) is 1. The van der Waals surface area contributed by atoms with E-state index in [1.165, 1.54) is 12.8 Å². The third-order valence-corrected chi connectivity index (χ3v) is 2.42. The maximum atomic E-state index is 5.67. The van der Waals surface area contributed by atoms with Crippen molar-refractivity contribution in [3.8, 4) is 5.88 Å². The van der Waals surface area contributed by atoms with Gasteiger partial charge >= 0.3 is 0 Å². The zero-order valence-electron chi connectivity index (χ0n) is 9.79. The number of nitrogens with two attached hydrogens (primary N) is 1. The second kappa shape index (κ2) is 5.59. The van der Waals surface area contributed by atoms with Gasteiger partial charge in [-0.1, -0.05) is 20.3 Å². The fourth-order valence-electron chi connectivity index (χ4n) is 1.42. The Morgan fingerprint density at radius 1 is 1.53 bits per heavy atom. The van der Waals surface area contributed by atoms with Gasteiger partial charge in [-0.3, -0.25) is 0 Å². The summed E-state index contributed by atoms with van der Waals surface area (Å²) < 4.78 is 5.59. The Balaban J connectivity index is 2.47. The highest BCUT2D eigenvalue weighted by Crippen LogP contribution is 2.16. The lowest BCUT2D eigenvalue weighted by molar-refractivity contribution is 0.243. The van der Waals surface area contributed by atoms with Gasteiger partial charge in [-0.25, -0.2) is 4.98 Å². The molecule has 0 bridgehead atoms. The van der Waals surface area contributed by atoms with E-state index in [1.807, 2.05) is 13.0 Å². The smallest absolute Gasteiger partial charge is 0.213 e. The molecule has 0 amide bonds. The first-order valence-electron chi connectivity index (χ1n) is 5.48. The van der Waals surface area contributed by atoms with Crippen molar-refractivity contribution in [1.82, 2.24) is 4.98 Å². The molecule has 1 atom stereocenters. The number of anilines is 1. The molecule has 84 valence electrons. The van der Waals surface area contributed by atoms with Gasteiger partial charge < -0.3 is 10.5 Å². The molecular formula is C12H20N2O. The lowest BCUT2D eigenvalue weighted by Crippen LogP contribution is -2.09. The first-order valence-corrected chi connectivity index (χ1v) is 5.48. The predicted molar refractivity (Wildman–Crippen MR) is 63.0 cm³/mol. The monoisotopic (exact) mass is 208 g/mol. The van der Waals surface area contributed by atoms with Crippen molar-refractivity contribution in [2.24, 2.45) is 5.92 Å². The van der Waals surface area contributed by atoms with Crippen LogP contribution in [0.15, 0.2) is 12.3 Å². The minimum atomic E-state index is 0.578. The molecule has 3 heteroatoms. The van der Waals surface area contributed by atoms with Crippen molar-refractivity contribution in [2.75, 3.05) is 12.3 Å². The normalized spacial score (nSPS) is 12.5. The van der Waals surface area contributed by atoms with Crippen LogP contribution < -0.4 is 10.5 Å². The number of hydrogen-bond acceptors (Lipinski definition) is 3. The van der Waals surface area contributed by atoms with E-state index >= 15 is 0 Å². The minimum Gasteiger partial charge on any atom is -0.477 e. The van der Waals surface area contributed by atoms with Crippen LogP contribution in [0.1, 0.15) is 32.3 Å². The highest BCUT2D eigenvalue weighted by molar-refractivity contribution is 5.45. The van der Waals surface area contributed by atoms with Gasteiger partial charge in [-0.05, 0) is 24.8 Å². The van der Waals surface area contributed by atoms with Crippen LogP contribution in [-0.2, 0) is 0 Å². The van der Waals surface area contributed by atoms with Crippen LogP contribution in [0, 0.1) is 12.8 Å². The summed E-state index contributed by atoms with van der Waals surface area (Å²) in [6.45, 7) is 7.05. The Morgan fingerprint density at radius 3 is 2.87 bits per heavy atom. The molecule has 1 aromatic heterocycles. The van der Waals surface area contributed by atoms with Crippen LogP contribution in [0.3, 0.4) is 0 Å². The SMILES string of the molecule is CCCC(C)COc1cc(C)c(N)cn1. The van der Waals surface area contributed by atoms with Crippen molar-refractivity contribution >= 4 is 5.69 Å². The molecular weight excluding hydrogens is 188 g/mol. The minimum absolute atomic E-state index is 0.578. The van der Waals surface area contributed by atoms with Crippen LogP contribution in [0.25, 0.3) is 0 Å². The lowest BCUT2D eigenvalue weighted by atomic mass is 10.1. The summed E-state index contributed by atoms with van der Waals surface area (Å²) >= 11 is 0. The van der Waals surface area contributed by atoms with E-state index < -0.39 is 0 Å². The molecule has 1 heterocycles. The standard InChI is InChI=1S/C12H20N2O/c1-4-5-9(2)8-15-12-6-10(3)11(13)7-14-12/h6-7,9H,4-5,8,13H2,1-3H3. The third-order valence-electron chi connectivity index (χ3n) is 2.42. The first kappa shape index (κ1) is 11.8. The molecule has 0 fully saturated rings. The number of aryl methyl sites for hydroxylation is 1. The van der Waals surface area contributed by atoms with Crippen molar-refractivity contribution in [3.05, 3.63) is 17.8 Å². The summed E-state index contributed by atoms with van der Waals surface area (Å²) in [6, 6.07) is 1.88. The molecule has 0 aliphatic heterocycles. The molecule has 1 unspecified atom stereocenters. The van der Waals surface area contributed by atoms with Crippen LogP contribution in [0.5, 0.6) is 5.88 Å². The Kier molecular flexibility index (Phi) is 4.40. The van der Waals surface area contributed by atoms with Crippen molar-refractivity contribution in [3.63, 3.8) is 0 Å². The molecule has 0 saturated heterocycles. The molecule has 0 spiro atoms. The molecule has 1 aromatic rings. The highest BCUT2D eigenvalue weighted by atomic mass is 16.5. The quantitative estimate of drug-likeness (QED) is 0.809. The third kappa shape index (κ3) is 3.78. The number of rotatable bonds is 5. The Hall–Kier alpha value is -1.25. The topological polar surface area (TPSA) is 48.1 Å². The average Bonchev–Trinajstić information content (AvgIpc) is 2.20. The van der Waals surface area contributed by atoms with Gasteiger partial charge in [0.2, 0.25) is 5.88 Å². The first-order chi connectivity index (χ1) is 7.13. The van der Waals surface area contributed by atoms with Gasteiger partial charge in [0, 0.05) is 6.07 Å². The number of aromatic nitrogens is 1. The largest absolute Gasteiger partial charge is 0.477 e. The molecule has 3 nitrogen and oxygen atoms in total. The second-order valence-electron chi connectivity index (χ2n) is 4.08. The van der Waals surface area contributed by atoms with Crippen LogP contribution in [-0.4, -0.2) is 11.6 Å². The zero-order chi connectivity index (χ0) is 11.3. The lowest BCUT2D eigenvalue weighted by Gasteiger charge is -2.11. The highest BCUT2D eigenvalue weighted by Gasteiger charge is 2.03. The number of nitrogen functional groups attached to an aromatic ring is 1. The second-order valence-corrected chi connectivity index (χ2v) is 4.08. The number of nitrogens with zero attached hydrogens (tertiary/aromatic N) is 1. The van der Waals surface area contributed by atoms with E-state index in [0.29, 0.717) is 17.5 Å². The Morgan fingerprint density at radius 2 is 2.27 bits per heavy atom. The molecule has 2 N–H and O–H groups in total. The summed E-state index contributed by atoms with van der Waals surface area (Å²) in [5.74, 6) is 1.25. The summed E-state index contributed by atoms with van der Waals surface area (Å²) in [7, 11) is 0. The molecule has 0 aliphatic carbocycles. The van der Waals surface area contributed by atoms with Gasteiger partial charge in [0.05, 0.1) is 18.5 Å². The molecule has 0 aromatic carbocycles. The van der Waals surface area contributed by atoms with Crippen LogP contribution >= 0.6 is 0 Å². The van der Waals surface area contributed by atoms with E-state index in [0.717, 1.165) is 12.2 Å². The van der Waals surface area contributed by atoms with Gasteiger partial charge in [0.25, 0.3) is 0 Å². The molecule has 1 rings (SSSR count). The van der Waals surface area contributed by atoms with Gasteiger partial charge in [0.15, 0.2) is 0 Å². The van der Waals surface area contributed by atoms with Gasteiger partial charge in [-0.2, -0.15) is 0 Å². The Bertz CT molecular complexity index is 312. The summed E-state index contributed by atoms with van der Waals surface area (Å²) in [5, 5.41) is 0. The van der Waals surface area contributed by atoms with Crippen molar-refractivity contribution in [1.29, 1.82) is 0 Å². The average molecular weight is 208 g/mol. The van der Waals surface area contributed by atoms with E-state index in [1.54, 1.807) is 6.20 Å².